The molecule has 0 atom stereocenters. The molecule has 3 heterocycles. The first-order valence-corrected chi connectivity index (χ1v) is 16.4. The molecule has 0 aliphatic carbocycles. The number of nitrogens with zero attached hydrogens (tertiary/aromatic N) is 5. The van der Waals surface area contributed by atoms with Gasteiger partial charge < -0.3 is 0 Å². The molecule has 3 aromatic heterocycles. The number of hydrogen-bond acceptors (Lipinski definition) is 3. The topological polar surface area (TPSA) is 48.0 Å². The second-order valence-electron chi connectivity index (χ2n) is 12.3. The first kappa shape index (κ1) is 28.6. The largest absolute Gasteiger partial charge is 0.292 e. The highest BCUT2D eigenvalue weighted by molar-refractivity contribution is 6.00. The maximum absolute atomic E-state index is 5.17. The van der Waals surface area contributed by atoms with Gasteiger partial charge in [-0.25, -0.2) is 15.0 Å². The summed E-state index contributed by atoms with van der Waals surface area (Å²) in [4.78, 5) is 15.3. The van der Waals surface area contributed by atoms with Gasteiger partial charge in [0.25, 0.3) is 0 Å². The van der Waals surface area contributed by atoms with E-state index >= 15 is 0 Å². The van der Waals surface area contributed by atoms with Gasteiger partial charge in [-0.3, -0.25) is 8.97 Å². The molecule has 49 heavy (non-hydrogen) atoms. The molecule has 9 rings (SSSR count). The average molecular weight is 630 g/mol. The molecule has 0 bridgehead atoms. The van der Waals surface area contributed by atoms with E-state index in [4.69, 9.17) is 15.0 Å². The predicted octanol–water partition coefficient (Wildman–Crippen LogP) is 10.7. The summed E-state index contributed by atoms with van der Waals surface area (Å²) in [5.74, 6) is 1.69. The number of allylic oxidation sites excluding steroid dienone is 2. The van der Waals surface area contributed by atoms with Gasteiger partial charge in [-0.1, -0.05) is 116 Å². The first-order chi connectivity index (χ1) is 24.1. The highest BCUT2D eigenvalue weighted by Gasteiger charge is 2.17. The summed E-state index contributed by atoms with van der Waals surface area (Å²) in [7, 11) is 0. The van der Waals surface area contributed by atoms with Gasteiger partial charge in [-0.2, -0.15) is 0 Å². The van der Waals surface area contributed by atoms with Crippen molar-refractivity contribution in [1.82, 2.24) is 23.9 Å². The summed E-state index contributed by atoms with van der Waals surface area (Å²) in [5, 5.41) is 0.989. The lowest BCUT2D eigenvalue weighted by Gasteiger charge is -2.12. The third-order valence-corrected chi connectivity index (χ3v) is 9.23. The van der Waals surface area contributed by atoms with E-state index in [1.54, 1.807) is 0 Å². The minimum absolute atomic E-state index is 0.777. The van der Waals surface area contributed by atoms with E-state index in [0.717, 1.165) is 83.8 Å². The number of aryl methyl sites for hydroxylation is 1. The Labute approximate surface area is 283 Å². The van der Waals surface area contributed by atoms with Gasteiger partial charge in [0.1, 0.15) is 17.3 Å². The summed E-state index contributed by atoms with van der Waals surface area (Å²) in [6.07, 6.45) is 4.16. The van der Waals surface area contributed by atoms with Crippen molar-refractivity contribution in [2.75, 3.05) is 0 Å². The molecule has 0 aliphatic heterocycles. The second-order valence-corrected chi connectivity index (χ2v) is 12.3. The average Bonchev–Trinajstić information content (AvgIpc) is 3.74. The molecule has 5 heteroatoms. The molecule has 0 amide bonds. The third kappa shape index (κ3) is 4.91. The Balaban J connectivity index is 1.14. The highest BCUT2D eigenvalue weighted by atomic mass is 15.1. The number of benzene rings is 6. The molecular formula is C44H31N5. The smallest absolute Gasteiger partial charge is 0.149 e. The van der Waals surface area contributed by atoms with Crippen LogP contribution in [0.4, 0.5) is 0 Å². The fraction of sp³-hybridized carbons (Fsp3) is 0.0227. The lowest BCUT2D eigenvalue weighted by molar-refractivity contribution is 1.10. The summed E-state index contributed by atoms with van der Waals surface area (Å²) < 4.78 is 4.37. The Morgan fingerprint density at radius 1 is 0.592 bits per heavy atom. The highest BCUT2D eigenvalue weighted by Crippen LogP contribution is 2.33. The Hall–Kier alpha value is -6.59. The van der Waals surface area contributed by atoms with Crippen LogP contribution in [0.3, 0.4) is 0 Å². The zero-order valence-electron chi connectivity index (χ0n) is 27.0. The van der Waals surface area contributed by atoms with Crippen LogP contribution in [0.25, 0.3) is 78.5 Å². The number of fused-ring (bicyclic) bond motifs is 6. The van der Waals surface area contributed by atoms with Crippen LogP contribution in [0.2, 0.25) is 0 Å². The molecule has 0 saturated heterocycles. The first-order valence-electron chi connectivity index (χ1n) is 16.4. The van der Waals surface area contributed by atoms with Crippen LogP contribution in [0.1, 0.15) is 17.0 Å². The molecule has 0 aliphatic rings. The number of hydrogen-bond donors (Lipinski definition) is 0. The van der Waals surface area contributed by atoms with Gasteiger partial charge >= 0.3 is 0 Å². The lowest BCUT2D eigenvalue weighted by atomic mass is 10.0. The van der Waals surface area contributed by atoms with Crippen LogP contribution < -0.4 is 0 Å². The summed E-state index contributed by atoms with van der Waals surface area (Å²) in [5.41, 5.74) is 13.2. The van der Waals surface area contributed by atoms with E-state index in [1.807, 2.05) is 30.3 Å². The van der Waals surface area contributed by atoms with Gasteiger partial charge in [0.15, 0.2) is 0 Å². The summed E-state index contributed by atoms with van der Waals surface area (Å²) >= 11 is 0. The quantitative estimate of drug-likeness (QED) is 0.172. The maximum Gasteiger partial charge on any atom is 0.149 e. The Kier molecular flexibility index (Phi) is 6.76. The SMILES string of the molecule is C=C(/C=C\c1ccccc1C)c1nc2ccc(-c3ccc(-c4nc5ccccc5n4-c4ccccc4)cc3)cc2c2nc3ccccc3n12. The Morgan fingerprint density at radius 3 is 2.04 bits per heavy atom. The van der Waals surface area contributed by atoms with Crippen LogP contribution in [0.15, 0.2) is 158 Å². The van der Waals surface area contributed by atoms with E-state index in [0.29, 0.717) is 0 Å². The fourth-order valence-electron chi connectivity index (χ4n) is 6.70. The maximum atomic E-state index is 5.17. The van der Waals surface area contributed by atoms with Crippen molar-refractivity contribution < 1.29 is 0 Å². The number of imidazole rings is 2. The molecule has 5 nitrogen and oxygen atoms in total. The normalized spacial score (nSPS) is 11.8. The van der Waals surface area contributed by atoms with Gasteiger partial charge in [-0.05, 0) is 77.7 Å². The van der Waals surface area contributed by atoms with Crippen molar-refractivity contribution >= 4 is 50.3 Å². The van der Waals surface area contributed by atoms with Crippen LogP contribution in [0.5, 0.6) is 0 Å². The van der Waals surface area contributed by atoms with Crippen LogP contribution >= 0.6 is 0 Å². The van der Waals surface area contributed by atoms with Crippen molar-refractivity contribution in [2.24, 2.45) is 0 Å². The van der Waals surface area contributed by atoms with E-state index < -0.39 is 0 Å². The number of rotatable bonds is 6. The fourth-order valence-corrected chi connectivity index (χ4v) is 6.70. The van der Waals surface area contributed by atoms with Crippen molar-refractivity contribution in [2.45, 2.75) is 6.92 Å². The van der Waals surface area contributed by atoms with Crippen LogP contribution in [0, 0.1) is 6.92 Å². The van der Waals surface area contributed by atoms with Gasteiger partial charge in [0.05, 0.1) is 27.6 Å². The monoisotopic (exact) mass is 629 g/mol. The molecule has 0 fully saturated rings. The lowest BCUT2D eigenvalue weighted by Crippen LogP contribution is -2.00. The molecule has 6 aromatic carbocycles. The molecule has 0 saturated carbocycles. The van der Waals surface area contributed by atoms with Crippen molar-refractivity contribution in [1.29, 1.82) is 0 Å². The second kappa shape index (κ2) is 11.6. The van der Waals surface area contributed by atoms with Gasteiger partial charge in [-0.15, -0.1) is 0 Å². The molecule has 9 aromatic rings. The van der Waals surface area contributed by atoms with Crippen molar-refractivity contribution in [3.63, 3.8) is 0 Å². The van der Waals surface area contributed by atoms with Gasteiger partial charge in [0.2, 0.25) is 0 Å². The minimum Gasteiger partial charge on any atom is -0.292 e. The zero-order valence-corrected chi connectivity index (χ0v) is 27.0. The summed E-state index contributed by atoms with van der Waals surface area (Å²) in [6, 6.07) is 50.3. The predicted molar refractivity (Wildman–Crippen MR) is 203 cm³/mol. The molecule has 0 radical (unpaired) electrons. The summed E-state index contributed by atoms with van der Waals surface area (Å²) in [6.45, 7) is 6.56. The molecule has 0 N–H and O–H groups in total. The minimum atomic E-state index is 0.777. The molecule has 0 spiro atoms. The molecule has 232 valence electrons. The number of para-hydroxylation sites is 5. The number of aromatic nitrogens is 5. The van der Waals surface area contributed by atoms with E-state index in [2.05, 4.69) is 150 Å². The van der Waals surface area contributed by atoms with E-state index in [-0.39, 0.29) is 0 Å². The third-order valence-electron chi connectivity index (χ3n) is 9.23. The van der Waals surface area contributed by atoms with Gasteiger partial charge in [0, 0.05) is 22.2 Å². The van der Waals surface area contributed by atoms with E-state index in [9.17, 15) is 0 Å². The molecule has 0 unspecified atom stereocenters. The molecular weight excluding hydrogens is 599 g/mol. The zero-order chi connectivity index (χ0) is 32.9. The van der Waals surface area contributed by atoms with Crippen LogP contribution in [-0.4, -0.2) is 23.9 Å². The van der Waals surface area contributed by atoms with Crippen LogP contribution in [-0.2, 0) is 0 Å². The Morgan fingerprint density at radius 2 is 1.24 bits per heavy atom. The Bertz CT molecular complexity index is 2730. The van der Waals surface area contributed by atoms with E-state index in [1.165, 1.54) is 5.56 Å². The van der Waals surface area contributed by atoms with Crippen molar-refractivity contribution in [3.05, 3.63) is 175 Å². The van der Waals surface area contributed by atoms with Crippen molar-refractivity contribution in [3.8, 4) is 28.2 Å². The standard InChI is InChI=1S/C44H31N5/c1-29-12-6-7-13-31(29)21-20-30(2)42-45-37-27-26-34(28-36(37)44-47-39-17-9-11-19-41(39)49(42)44)32-22-24-33(25-23-32)43-46-38-16-8-10-18-40(38)48(43)35-14-4-3-5-15-35/h3-28H,2H2,1H3/b21-20-.